The van der Waals surface area contributed by atoms with Crippen LogP contribution in [0.25, 0.3) is 10.8 Å². The Bertz CT molecular complexity index is 1710. The first-order valence-electron chi connectivity index (χ1n) is 14.4. The van der Waals surface area contributed by atoms with Gasteiger partial charge in [-0.2, -0.15) is 0 Å². The van der Waals surface area contributed by atoms with Crippen LogP contribution in [0.1, 0.15) is 41.4 Å². The van der Waals surface area contributed by atoms with Gasteiger partial charge >= 0.3 is 0 Å². The van der Waals surface area contributed by atoms with Crippen LogP contribution in [0.5, 0.6) is 5.75 Å². The number of benzene rings is 4. The molecule has 0 saturated carbocycles. The highest BCUT2D eigenvalue weighted by Crippen LogP contribution is 2.38. The third kappa shape index (κ3) is 6.19. The number of para-hydroxylation sites is 2. The fourth-order valence-corrected chi connectivity index (χ4v) is 5.77. The summed E-state index contributed by atoms with van der Waals surface area (Å²) < 4.78 is 6.68. The number of nitrogens with one attached hydrogen (secondary N) is 2. The highest BCUT2D eigenvalue weighted by atomic mass is 79.9. The monoisotopic (exact) mass is 658 g/mol. The van der Waals surface area contributed by atoms with Gasteiger partial charge in [0.15, 0.2) is 0 Å². The number of aliphatic hydroxyl groups excluding tert-OH is 1. The van der Waals surface area contributed by atoms with E-state index < -0.39 is 18.2 Å². The zero-order valence-electron chi connectivity index (χ0n) is 25.0. The number of nitrogens with zero attached hydrogens (tertiary/aromatic N) is 2. The number of carbonyl (C=O) groups excluding carboxylic acids is 3. The van der Waals surface area contributed by atoms with E-state index in [1.54, 1.807) is 69.3 Å². The van der Waals surface area contributed by atoms with Crippen LogP contribution in [0.15, 0.2) is 83.3 Å². The molecule has 1 heterocycles. The van der Waals surface area contributed by atoms with Crippen LogP contribution in [0.2, 0.25) is 0 Å². The molecular weight excluding hydrogens is 624 g/mol. The number of fused-ring (bicyclic) bond motifs is 2. The van der Waals surface area contributed by atoms with E-state index in [-0.39, 0.29) is 30.8 Å². The Labute approximate surface area is 264 Å². The van der Waals surface area contributed by atoms with Crippen molar-refractivity contribution in [3.8, 4) is 5.75 Å². The SMILES string of the molecule is CNC(C)C(=O)N[C@H]1CN(C(=O)c2ccc([C@H](C)O)cc2)c2ccccc2N(Cc2c(OC)ccc3cc(Br)ccc23)C1=O. The Balaban J connectivity index is 1.64. The van der Waals surface area contributed by atoms with E-state index in [4.69, 9.17) is 4.74 Å². The number of hydrogen-bond donors (Lipinski definition) is 3. The van der Waals surface area contributed by atoms with Crippen molar-refractivity contribution in [2.75, 3.05) is 30.5 Å². The molecule has 0 aromatic heterocycles. The Kier molecular flexibility index (Phi) is 9.33. The Morgan fingerprint density at radius 3 is 2.39 bits per heavy atom. The Morgan fingerprint density at radius 1 is 1.02 bits per heavy atom. The number of likely N-dealkylation sites (N-methyl/N-ethyl adjacent to an activating group) is 1. The Morgan fingerprint density at radius 2 is 1.73 bits per heavy atom. The maximum atomic E-state index is 14.4. The number of methoxy groups -OCH3 is 1. The molecule has 44 heavy (non-hydrogen) atoms. The number of ether oxygens (including phenoxy) is 1. The molecule has 0 spiro atoms. The normalized spacial score (nSPS) is 16.2. The molecule has 228 valence electrons. The van der Waals surface area contributed by atoms with Crippen LogP contribution >= 0.6 is 15.9 Å². The van der Waals surface area contributed by atoms with Gasteiger partial charge in [-0.25, -0.2) is 0 Å². The molecule has 0 fully saturated rings. The third-order valence-corrected chi connectivity index (χ3v) is 8.50. The van der Waals surface area contributed by atoms with Crippen LogP contribution in [-0.4, -0.2) is 55.6 Å². The fraction of sp³-hybridized carbons (Fsp3) is 0.265. The molecule has 0 bridgehead atoms. The van der Waals surface area contributed by atoms with E-state index in [2.05, 4.69) is 26.6 Å². The van der Waals surface area contributed by atoms with Gasteiger partial charge in [-0.15, -0.1) is 0 Å². The molecule has 0 radical (unpaired) electrons. The van der Waals surface area contributed by atoms with Crippen LogP contribution in [0.4, 0.5) is 11.4 Å². The number of halogens is 1. The summed E-state index contributed by atoms with van der Waals surface area (Å²) in [5.41, 5.74) is 2.93. The minimum absolute atomic E-state index is 0.0782. The molecule has 0 saturated heterocycles. The van der Waals surface area contributed by atoms with Crippen molar-refractivity contribution in [1.29, 1.82) is 0 Å². The van der Waals surface area contributed by atoms with E-state index in [1.807, 2.05) is 42.5 Å². The smallest absolute Gasteiger partial charge is 0.258 e. The lowest BCUT2D eigenvalue weighted by molar-refractivity contribution is -0.128. The molecule has 10 heteroatoms. The van der Waals surface area contributed by atoms with E-state index >= 15 is 0 Å². The van der Waals surface area contributed by atoms with Crippen molar-refractivity contribution in [2.45, 2.75) is 38.6 Å². The van der Waals surface area contributed by atoms with Crippen molar-refractivity contribution in [2.24, 2.45) is 0 Å². The predicted molar refractivity (Wildman–Crippen MR) is 175 cm³/mol. The lowest BCUT2D eigenvalue weighted by Gasteiger charge is -2.27. The highest BCUT2D eigenvalue weighted by molar-refractivity contribution is 9.10. The topological polar surface area (TPSA) is 111 Å². The van der Waals surface area contributed by atoms with Crippen molar-refractivity contribution in [3.63, 3.8) is 0 Å². The summed E-state index contributed by atoms with van der Waals surface area (Å²) in [6, 6.07) is 22.1. The number of amides is 3. The second-order valence-corrected chi connectivity index (χ2v) is 11.7. The van der Waals surface area contributed by atoms with Gasteiger partial charge in [0, 0.05) is 15.6 Å². The number of aliphatic hydroxyl groups is 1. The van der Waals surface area contributed by atoms with Crippen LogP contribution in [0, 0.1) is 0 Å². The molecule has 4 aromatic carbocycles. The molecule has 3 N–H and O–H groups in total. The average molecular weight is 660 g/mol. The summed E-state index contributed by atoms with van der Waals surface area (Å²) in [6.07, 6.45) is -0.676. The molecular formula is C34H35BrN4O5. The molecule has 3 amide bonds. The van der Waals surface area contributed by atoms with Crippen LogP contribution < -0.4 is 25.2 Å². The summed E-state index contributed by atoms with van der Waals surface area (Å²) in [5, 5.41) is 17.6. The van der Waals surface area contributed by atoms with Crippen LogP contribution in [0.3, 0.4) is 0 Å². The zero-order valence-corrected chi connectivity index (χ0v) is 26.6. The number of hydrogen-bond acceptors (Lipinski definition) is 6. The number of anilines is 2. The van der Waals surface area contributed by atoms with Gasteiger partial charge in [0.25, 0.3) is 11.8 Å². The second-order valence-electron chi connectivity index (χ2n) is 10.8. The summed E-state index contributed by atoms with van der Waals surface area (Å²) in [4.78, 5) is 44.8. The van der Waals surface area contributed by atoms with Crippen LogP contribution in [-0.2, 0) is 16.1 Å². The maximum Gasteiger partial charge on any atom is 0.258 e. The van der Waals surface area contributed by atoms with Gasteiger partial charge in [0.1, 0.15) is 11.8 Å². The largest absolute Gasteiger partial charge is 0.496 e. The lowest BCUT2D eigenvalue weighted by atomic mass is 10.0. The van der Waals surface area contributed by atoms with E-state index in [1.165, 1.54) is 4.90 Å². The molecule has 9 nitrogen and oxygen atoms in total. The standard InChI is InChI=1S/C34H35BrN4O5/c1-20(36-3)32(41)37-28-19-39(33(42)23-11-9-22(10-12-23)21(2)40)30-8-6-5-7-29(30)38(34(28)43)18-27-26-15-14-25(35)17-24(26)13-16-31(27)44-4/h5-17,20-21,28,36,40H,18-19H2,1-4H3,(H,37,41)/t20?,21-,28-/m0/s1. The van der Waals surface area contributed by atoms with Gasteiger partial charge in [-0.05, 0) is 79.7 Å². The van der Waals surface area contributed by atoms with Crippen molar-refractivity contribution >= 4 is 55.8 Å². The lowest BCUT2D eigenvalue weighted by Crippen LogP contribution is -2.55. The quantitative estimate of drug-likeness (QED) is 0.247. The van der Waals surface area contributed by atoms with Crippen molar-refractivity contribution < 1.29 is 24.2 Å². The molecule has 3 atom stereocenters. The van der Waals surface area contributed by atoms with Crippen molar-refractivity contribution in [3.05, 3.63) is 100 Å². The van der Waals surface area contributed by atoms with Crippen molar-refractivity contribution in [1.82, 2.24) is 10.6 Å². The fourth-order valence-electron chi connectivity index (χ4n) is 5.39. The third-order valence-electron chi connectivity index (χ3n) is 8.01. The second kappa shape index (κ2) is 13.2. The molecule has 1 unspecified atom stereocenters. The number of rotatable bonds is 8. The summed E-state index contributed by atoms with van der Waals surface area (Å²) in [7, 11) is 3.26. The number of carbonyl (C=O) groups is 3. The van der Waals surface area contributed by atoms with E-state index in [0.717, 1.165) is 20.8 Å². The van der Waals surface area contributed by atoms with E-state index in [0.29, 0.717) is 28.3 Å². The first-order valence-corrected chi connectivity index (χ1v) is 15.1. The van der Waals surface area contributed by atoms with Gasteiger partial charge in [0.05, 0.1) is 43.7 Å². The molecule has 1 aliphatic heterocycles. The maximum absolute atomic E-state index is 14.4. The predicted octanol–water partition coefficient (Wildman–Crippen LogP) is 4.95. The van der Waals surface area contributed by atoms with Gasteiger partial charge in [-0.1, -0.05) is 52.3 Å². The summed E-state index contributed by atoms with van der Waals surface area (Å²) in [5.74, 6) is -0.439. The summed E-state index contributed by atoms with van der Waals surface area (Å²) in [6.45, 7) is 3.42. The minimum Gasteiger partial charge on any atom is -0.496 e. The van der Waals surface area contributed by atoms with Gasteiger partial charge < -0.3 is 30.3 Å². The first-order chi connectivity index (χ1) is 21.1. The molecule has 4 aromatic rings. The molecule has 1 aliphatic rings. The van der Waals surface area contributed by atoms with E-state index in [9.17, 15) is 19.5 Å². The van der Waals surface area contributed by atoms with Gasteiger partial charge in [0.2, 0.25) is 5.91 Å². The minimum atomic E-state index is -1.04. The summed E-state index contributed by atoms with van der Waals surface area (Å²) >= 11 is 3.54. The molecule has 5 rings (SSSR count). The molecule has 0 aliphatic carbocycles. The first kappa shape index (κ1) is 31.2. The van der Waals surface area contributed by atoms with Gasteiger partial charge in [-0.3, -0.25) is 14.4 Å². The average Bonchev–Trinajstić information content (AvgIpc) is 3.14. The zero-order chi connectivity index (χ0) is 31.5. The Hall–Kier alpha value is -4.25. The highest BCUT2D eigenvalue weighted by Gasteiger charge is 2.38.